The number of imidazole rings is 1. The number of aryl methyl sites for hydroxylation is 1. The third-order valence-electron chi connectivity index (χ3n) is 5.72. The summed E-state index contributed by atoms with van der Waals surface area (Å²) in [4.78, 5) is 25.4. The Morgan fingerprint density at radius 3 is 2.69 bits per heavy atom. The highest BCUT2D eigenvalue weighted by Crippen LogP contribution is 2.19. The first-order valence-corrected chi connectivity index (χ1v) is 10.4. The first-order chi connectivity index (χ1) is 14.1. The van der Waals surface area contributed by atoms with Gasteiger partial charge in [0.2, 0.25) is 11.9 Å². The van der Waals surface area contributed by atoms with E-state index in [0.29, 0.717) is 6.54 Å². The van der Waals surface area contributed by atoms with Crippen LogP contribution in [0.25, 0.3) is 11.0 Å². The fraction of sp³-hybridized carbons (Fsp3) is 0.391. The highest BCUT2D eigenvalue weighted by Gasteiger charge is 2.24. The lowest BCUT2D eigenvalue weighted by atomic mass is 10.1. The minimum Gasteiger partial charge on any atom is -0.351 e. The molecule has 2 aromatic carbocycles. The average Bonchev–Trinajstić information content (AvgIpc) is 3.02. The van der Waals surface area contributed by atoms with Gasteiger partial charge in [-0.3, -0.25) is 9.69 Å². The lowest BCUT2D eigenvalue weighted by Crippen LogP contribution is -2.46. The molecule has 0 saturated carbocycles. The summed E-state index contributed by atoms with van der Waals surface area (Å²) in [6.45, 7) is 8.19. The normalized spacial score (nSPS) is 16.6. The first kappa shape index (κ1) is 19.5. The molecule has 2 heterocycles. The SMILES string of the molecule is Cc1ccc(CNC(=O)C(C)N2CCCN(c3nc4ccccc4[nH]3)CC2)cc1. The number of carbonyl (C=O) groups is 1. The van der Waals surface area contributed by atoms with E-state index in [2.05, 4.69) is 57.4 Å². The number of amides is 1. The maximum absolute atomic E-state index is 12.7. The number of carbonyl (C=O) groups excluding carboxylic acids is 1. The molecule has 0 spiro atoms. The van der Waals surface area contributed by atoms with E-state index in [1.165, 1.54) is 5.56 Å². The van der Waals surface area contributed by atoms with E-state index in [0.717, 1.165) is 55.1 Å². The Balaban J connectivity index is 1.33. The summed E-state index contributed by atoms with van der Waals surface area (Å²) in [5.74, 6) is 1.01. The lowest BCUT2D eigenvalue weighted by Gasteiger charge is -2.27. The van der Waals surface area contributed by atoms with Crippen LogP contribution in [0.2, 0.25) is 0 Å². The molecule has 1 amide bonds. The molecular weight excluding hydrogens is 362 g/mol. The van der Waals surface area contributed by atoms with Gasteiger partial charge in [-0.25, -0.2) is 4.98 Å². The monoisotopic (exact) mass is 391 g/mol. The van der Waals surface area contributed by atoms with Crippen molar-refractivity contribution in [1.29, 1.82) is 0 Å². The van der Waals surface area contributed by atoms with Gasteiger partial charge in [0.15, 0.2) is 0 Å². The summed E-state index contributed by atoms with van der Waals surface area (Å²) in [6, 6.07) is 16.2. The van der Waals surface area contributed by atoms with E-state index in [4.69, 9.17) is 4.98 Å². The summed E-state index contributed by atoms with van der Waals surface area (Å²) >= 11 is 0. The van der Waals surface area contributed by atoms with Crippen molar-refractivity contribution in [2.75, 3.05) is 31.1 Å². The summed E-state index contributed by atoms with van der Waals surface area (Å²) in [7, 11) is 0. The van der Waals surface area contributed by atoms with Crippen molar-refractivity contribution in [3.8, 4) is 0 Å². The van der Waals surface area contributed by atoms with Gasteiger partial charge in [0.05, 0.1) is 17.1 Å². The van der Waals surface area contributed by atoms with Gasteiger partial charge in [0, 0.05) is 32.7 Å². The molecule has 1 aliphatic heterocycles. The van der Waals surface area contributed by atoms with Crippen LogP contribution in [-0.2, 0) is 11.3 Å². The van der Waals surface area contributed by atoms with Gasteiger partial charge >= 0.3 is 0 Å². The largest absolute Gasteiger partial charge is 0.351 e. The number of aromatic nitrogens is 2. The highest BCUT2D eigenvalue weighted by molar-refractivity contribution is 5.81. The van der Waals surface area contributed by atoms with Crippen LogP contribution in [0.5, 0.6) is 0 Å². The van der Waals surface area contributed by atoms with E-state index < -0.39 is 0 Å². The number of anilines is 1. The Labute approximate surface area is 171 Å². The number of hydrogen-bond acceptors (Lipinski definition) is 4. The molecule has 1 unspecified atom stereocenters. The molecule has 1 fully saturated rings. The molecule has 1 saturated heterocycles. The van der Waals surface area contributed by atoms with E-state index in [-0.39, 0.29) is 11.9 Å². The number of para-hydroxylation sites is 2. The quantitative estimate of drug-likeness (QED) is 0.702. The van der Waals surface area contributed by atoms with Gasteiger partial charge in [-0.05, 0) is 38.0 Å². The molecule has 0 bridgehead atoms. The predicted octanol–water partition coefficient (Wildman–Crippen LogP) is 3.09. The standard InChI is InChI=1S/C23H29N5O/c1-17-8-10-19(11-9-17)16-24-22(29)18(2)27-12-5-13-28(15-14-27)23-25-20-6-3-4-7-21(20)26-23/h3-4,6-11,18H,5,12-16H2,1-2H3,(H,24,29)(H,25,26). The number of hydrogen-bond donors (Lipinski definition) is 2. The second-order valence-electron chi connectivity index (χ2n) is 7.83. The van der Waals surface area contributed by atoms with Crippen molar-refractivity contribution in [1.82, 2.24) is 20.2 Å². The minimum atomic E-state index is -0.143. The Hall–Kier alpha value is -2.86. The summed E-state index contributed by atoms with van der Waals surface area (Å²) in [6.07, 6.45) is 1.01. The van der Waals surface area contributed by atoms with Gasteiger partial charge in [-0.2, -0.15) is 0 Å². The van der Waals surface area contributed by atoms with E-state index in [1.807, 2.05) is 25.1 Å². The van der Waals surface area contributed by atoms with E-state index in [9.17, 15) is 4.79 Å². The topological polar surface area (TPSA) is 64.3 Å². The van der Waals surface area contributed by atoms with Crippen molar-refractivity contribution < 1.29 is 4.79 Å². The zero-order valence-corrected chi connectivity index (χ0v) is 17.2. The molecule has 1 atom stereocenters. The molecule has 29 heavy (non-hydrogen) atoms. The molecule has 6 nitrogen and oxygen atoms in total. The summed E-state index contributed by atoms with van der Waals surface area (Å²) in [5.41, 5.74) is 4.41. The molecule has 6 heteroatoms. The Bertz CT molecular complexity index is 932. The molecule has 3 aromatic rings. The van der Waals surface area contributed by atoms with Gasteiger partial charge in [0.25, 0.3) is 0 Å². The zero-order valence-electron chi connectivity index (χ0n) is 17.2. The van der Waals surface area contributed by atoms with Crippen LogP contribution in [0.1, 0.15) is 24.5 Å². The second-order valence-corrected chi connectivity index (χ2v) is 7.83. The molecular formula is C23H29N5O. The van der Waals surface area contributed by atoms with Gasteiger partial charge in [0.1, 0.15) is 0 Å². The fourth-order valence-electron chi connectivity index (χ4n) is 3.83. The van der Waals surface area contributed by atoms with Crippen molar-refractivity contribution in [3.63, 3.8) is 0 Å². The van der Waals surface area contributed by atoms with Crippen LogP contribution in [0.15, 0.2) is 48.5 Å². The molecule has 0 aliphatic carbocycles. The molecule has 0 radical (unpaired) electrons. The van der Waals surface area contributed by atoms with E-state index in [1.54, 1.807) is 0 Å². The highest BCUT2D eigenvalue weighted by atomic mass is 16.2. The fourth-order valence-corrected chi connectivity index (χ4v) is 3.83. The number of nitrogens with one attached hydrogen (secondary N) is 2. The van der Waals surface area contributed by atoms with Crippen molar-refractivity contribution in [3.05, 3.63) is 59.7 Å². The second kappa shape index (κ2) is 8.66. The number of rotatable bonds is 5. The van der Waals surface area contributed by atoms with Crippen LogP contribution in [0.4, 0.5) is 5.95 Å². The van der Waals surface area contributed by atoms with Crippen LogP contribution in [0.3, 0.4) is 0 Å². The van der Waals surface area contributed by atoms with Crippen LogP contribution < -0.4 is 10.2 Å². The predicted molar refractivity (Wildman–Crippen MR) is 117 cm³/mol. The Morgan fingerprint density at radius 2 is 1.90 bits per heavy atom. The van der Waals surface area contributed by atoms with Crippen LogP contribution in [0, 0.1) is 6.92 Å². The van der Waals surface area contributed by atoms with Gasteiger partial charge in [-0.15, -0.1) is 0 Å². The van der Waals surface area contributed by atoms with Crippen molar-refractivity contribution in [2.45, 2.75) is 32.9 Å². The number of benzene rings is 2. The molecule has 4 rings (SSSR count). The molecule has 1 aliphatic rings. The number of aromatic amines is 1. The maximum atomic E-state index is 12.7. The third kappa shape index (κ3) is 4.59. The van der Waals surface area contributed by atoms with E-state index >= 15 is 0 Å². The summed E-state index contributed by atoms with van der Waals surface area (Å²) < 4.78 is 0. The Morgan fingerprint density at radius 1 is 1.10 bits per heavy atom. The maximum Gasteiger partial charge on any atom is 0.237 e. The molecule has 1 aromatic heterocycles. The summed E-state index contributed by atoms with van der Waals surface area (Å²) in [5, 5.41) is 3.08. The average molecular weight is 392 g/mol. The van der Waals surface area contributed by atoms with Crippen molar-refractivity contribution in [2.24, 2.45) is 0 Å². The zero-order chi connectivity index (χ0) is 20.2. The molecule has 2 N–H and O–H groups in total. The smallest absolute Gasteiger partial charge is 0.237 e. The van der Waals surface area contributed by atoms with Crippen LogP contribution >= 0.6 is 0 Å². The first-order valence-electron chi connectivity index (χ1n) is 10.4. The lowest BCUT2D eigenvalue weighted by molar-refractivity contribution is -0.126. The van der Waals surface area contributed by atoms with Crippen LogP contribution in [-0.4, -0.2) is 53.0 Å². The number of nitrogens with zero attached hydrogens (tertiary/aromatic N) is 3. The molecule has 152 valence electrons. The van der Waals surface area contributed by atoms with Gasteiger partial charge in [-0.1, -0.05) is 42.0 Å². The van der Waals surface area contributed by atoms with Gasteiger partial charge < -0.3 is 15.2 Å². The number of fused-ring (bicyclic) bond motifs is 1. The number of H-pyrrole nitrogens is 1. The minimum absolute atomic E-state index is 0.0859. The Kier molecular flexibility index (Phi) is 5.81. The van der Waals surface area contributed by atoms with Crippen molar-refractivity contribution >= 4 is 22.9 Å². The third-order valence-corrected chi connectivity index (χ3v) is 5.72.